The molecule has 0 aromatic heterocycles. The van der Waals surface area contributed by atoms with Crippen LogP contribution in [-0.4, -0.2) is 27.7 Å². The Bertz CT molecular complexity index is 1290. The number of hydrogen-bond acceptors (Lipinski definition) is 4. The number of anilines is 1. The van der Waals surface area contributed by atoms with E-state index in [1.165, 1.54) is 4.31 Å². The summed E-state index contributed by atoms with van der Waals surface area (Å²) >= 11 is 12.5. The quantitative estimate of drug-likeness (QED) is 0.356. The van der Waals surface area contributed by atoms with Crippen molar-refractivity contribution in [3.8, 4) is 5.75 Å². The van der Waals surface area contributed by atoms with Gasteiger partial charge < -0.3 is 10.1 Å². The van der Waals surface area contributed by atoms with Crippen molar-refractivity contribution in [1.82, 2.24) is 5.32 Å². The molecule has 186 valence electrons. The van der Waals surface area contributed by atoms with Gasteiger partial charge in [-0.05, 0) is 66.9 Å². The summed E-state index contributed by atoms with van der Waals surface area (Å²) in [5.41, 5.74) is 3.29. The van der Waals surface area contributed by atoms with Gasteiger partial charge in [-0.1, -0.05) is 48.3 Å². The predicted octanol–water partition coefficient (Wildman–Crippen LogP) is 6.16. The standard InChI is InChI=1S/C26H28Cl2N2O4S/c1-5-24(19-11-14-25(34-3)17(2)15-19)29-26(31)18-9-12-20(13-10-18)30(35(4,32)33)16-21-22(27)7-6-8-23(21)28/h6-15,24H,5,16H2,1-4H3,(H,29,31)/t24-/m1/s1. The Balaban J connectivity index is 1.81. The summed E-state index contributed by atoms with van der Waals surface area (Å²) in [6.45, 7) is 3.92. The number of nitrogens with zero attached hydrogens (tertiary/aromatic N) is 1. The highest BCUT2D eigenvalue weighted by Gasteiger charge is 2.22. The Hall–Kier alpha value is -2.74. The van der Waals surface area contributed by atoms with Gasteiger partial charge in [0.05, 0.1) is 31.6 Å². The molecule has 1 amide bonds. The smallest absolute Gasteiger partial charge is 0.251 e. The van der Waals surface area contributed by atoms with Gasteiger partial charge >= 0.3 is 0 Å². The van der Waals surface area contributed by atoms with Crippen LogP contribution in [0, 0.1) is 6.92 Å². The van der Waals surface area contributed by atoms with E-state index in [0.29, 0.717) is 33.3 Å². The number of amides is 1. The van der Waals surface area contributed by atoms with Crippen LogP contribution in [0.25, 0.3) is 0 Å². The molecule has 3 aromatic rings. The fourth-order valence-electron chi connectivity index (χ4n) is 3.79. The third kappa shape index (κ3) is 6.48. The van der Waals surface area contributed by atoms with E-state index in [1.807, 2.05) is 32.0 Å². The SMILES string of the molecule is CC[C@@H](NC(=O)c1ccc(N(Cc2c(Cl)cccc2Cl)S(C)(=O)=O)cc1)c1ccc(OC)c(C)c1. The topological polar surface area (TPSA) is 75.7 Å². The minimum Gasteiger partial charge on any atom is -0.496 e. The summed E-state index contributed by atoms with van der Waals surface area (Å²) < 4.78 is 31.6. The molecule has 0 aliphatic rings. The van der Waals surface area contributed by atoms with Crippen LogP contribution < -0.4 is 14.4 Å². The normalized spacial score (nSPS) is 12.2. The van der Waals surface area contributed by atoms with Gasteiger partial charge in [-0.15, -0.1) is 0 Å². The highest BCUT2D eigenvalue weighted by atomic mass is 35.5. The molecule has 1 N–H and O–H groups in total. The molecule has 0 saturated carbocycles. The van der Waals surface area contributed by atoms with Crippen molar-refractivity contribution in [2.75, 3.05) is 17.7 Å². The minimum atomic E-state index is -3.65. The second-order valence-electron chi connectivity index (χ2n) is 8.18. The van der Waals surface area contributed by atoms with Crippen LogP contribution in [0.15, 0.2) is 60.7 Å². The van der Waals surface area contributed by atoms with E-state index in [9.17, 15) is 13.2 Å². The Labute approximate surface area is 216 Å². The van der Waals surface area contributed by atoms with Crippen LogP contribution in [0.3, 0.4) is 0 Å². The first-order chi connectivity index (χ1) is 16.5. The highest BCUT2D eigenvalue weighted by Crippen LogP contribution is 2.30. The molecule has 0 unspecified atom stereocenters. The van der Waals surface area contributed by atoms with E-state index >= 15 is 0 Å². The van der Waals surface area contributed by atoms with Crippen molar-refractivity contribution >= 4 is 44.8 Å². The number of hydrogen-bond donors (Lipinski definition) is 1. The van der Waals surface area contributed by atoms with E-state index < -0.39 is 10.0 Å². The number of carbonyl (C=O) groups is 1. The van der Waals surface area contributed by atoms with Crippen molar-refractivity contribution in [3.63, 3.8) is 0 Å². The molecule has 35 heavy (non-hydrogen) atoms. The number of sulfonamides is 1. The average molecular weight is 535 g/mol. The number of carbonyl (C=O) groups excluding carboxylic acids is 1. The Kier molecular flexibility index (Phi) is 8.70. The van der Waals surface area contributed by atoms with Gasteiger partial charge in [0.15, 0.2) is 0 Å². The lowest BCUT2D eigenvalue weighted by atomic mass is 10.0. The molecule has 0 aliphatic carbocycles. The molecule has 0 saturated heterocycles. The van der Waals surface area contributed by atoms with Crippen molar-refractivity contribution in [1.29, 1.82) is 0 Å². The maximum Gasteiger partial charge on any atom is 0.251 e. The summed E-state index contributed by atoms with van der Waals surface area (Å²) in [5.74, 6) is 0.538. The third-order valence-electron chi connectivity index (χ3n) is 5.72. The molecule has 0 heterocycles. The summed E-state index contributed by atoms with van der Waals surface area (Å²) in [6, 6.07) is 17.1. The van der Waals surface area contributed by atoms with Crippen LogP contribution in [0.4, 0.5) is 5.69 Å². The Morgan fingerprint density at radius 2 is 1.69 bits per heavy atom. The van der Waals surface area contributed by atoms with Crippen molar-refractivity contribution in [2.24, 2.45) is 0 Å². The number of nitrogens with one attached hydrogen (secondary N) is 1. The van der Waals surface area contributed by atoms with E-state index in [1.54, 1.807) is 49.6 Å². The zero-order valence-electron chi connectivity index (χ0n) is 20.0. The minimum absolute atomic E-state index is 0.0301. The molecule has 0 bridgehead atoms. The lowest BCUT2D eigenvalue weighted by Crippen LogP contribution is -2.30. The second-order valence-corrected chi connectivity index (χ2v) is 10.9. The number of ether oxygens (including phenoxy) is 1. The number of benzene rings is 3. The van der Waals surface area contributed by atoms with Crippen molar-refractivity contribution in [2.45, 2.75) is 32.9 Å². The van der Waals surface area contributed by atoms with Crippen LogP contribution in [0.2, 0.25) is 10.0 Å². The third-order valence-corrected chi connectivity index (χ3v) is 7.56. The van der Waals surface area contributed by atoms with Gasteiger partial charge in [-0.25, -0.2) is 8.42 Å². The first kappa shape index (κ1) is 26.9. The van der Waals surface area contributed by atoms with E-state index in [4.69, 9.17) is 27.9 Å². The molecule has 0 radical (unpaired) electrons. The first-order valence-corrected chi connectivity index (χ1v) is 13.6. The molecule has 0 aliphatic heterocycles. The molecular formula is C26H28Cl2N2O4S. The van der Waals surface area contributed by atoms with Gasteiger partial charge in [0.2, 0.25) is 10.0 Å². The van der Waals surface area contributed by atoms with Gasteiger partial charge in [-0.2, -0.15) is 0 Å². The number of methoxy groups -OCH3 is 1. The van der Waals surface area contributed by atoms with Gasteiger partial charge in [0.25, 0.3) is 5.91 Å². The summed E-state index contributed by atoms with van der Waals surface area (Å²) in [7, 11) is -2.02. The predicted molar refractivity (Wildman–Crippen MR) is 142 cm³/mol. The Morgan fingerprint density at radius 3 is 2.20 bits per heavy atom. The van der Waals surface area contributed by atoms with E-state index in [-0.39, 0.29) is 18.5 Å². The zero-order valence-corrected chi connectivity index (χ0v) is 22.3. The lowest BCUT2D eigenvalue weighted by molar-refractivity contribution is 0.0935. The number of aryl methyl sites for hydroxylation is 1. The van der Waals surface area contributed by atoms with Crippen molar-refractivity contribution in [3.05, 3.63) is 93.0 Å². The maximum atomic E-state index is 13.0. The molecule has 3 aromatic carbocycles. The molecule has 0 spiro atoms. The fraction of sp³-hybridized carbons (Fsp3) is 0.269. The van der Waals surface area contributed by atoms with Crippen LogP contribution in [-0.2, 0) is 16.6 Å². The van der Waals surface area contributed by atoms with Crippen LogP contribution >= 0.6 is 23.2 Å². The summed E-state index contributed by atoms with van der Waals surface area (Å²) in [6.07, 6.45) is 1.82. The zero-order chi connectivity index (χ0) is 25.8. The second kappa shape index (κ2) is 11.3. The monoisotopic (exact) mass is 534 g/mol. The van der Waals surface area contributed by atoms with Crippen LogP contribution in [0.1, 0.15) is 46.4 Å². The number of halogens is 2. The van der Waals surface area contributed by atoms with E-state index in [2.05, 4.69) is 5.32 Å². The molecule has 0 fully saturated rings. The summed E-state index contributed by atoms with van der Waals surface area (Å²) in [4.78, 5) is 13.0. The molecular weight excluding hydrogens is 507 g/mol. The van der Waals surface area contributed by atoms with Gasteiger partial charge in [0.1, 0.15) is 5.75 Å². The lowest BCUT2D eigenvalue weighted by Gasteiger charge is -2.24. The number of rotatable bonds is 9. The van der Waals surface area contributed by atoms with Crippen molar-refractivity contribution < 1.29 is 17.9 Å². The molecule has 6 nitrogen and oxygen atoms in total. The maximum absolute atomic E-state index is 13.0. The largest absolute Gasteiger partial charge is 0.496 e. The molecule has 1 atom stereocenters. The van der Waals surface area contributed by atoms with Crippen LogP contribution in [0.5, 0.6) is 5.75 Å². The average Bonchev–Trinajstić information content (AvgIpc) is 2.81. The van der Waals surface area contributed by atoms with E-state index in [0.717, 1.165) is 23.1 Å². The molecule has 3 rings (SSSR count). The first-order valence-electron chi connectivity index (χ1n) is 11.0. The molecule has 9 heteroatoms. The summed E-state index contributed by atoms with van der Waals surface area (Å²) in [5, 5.41) is 3.80. The highest BCUT2D eigenvalue weighted by molar-refractivity contribution is 7.92. The van der Waals surface area contributed by atoms with Gasteiger partial charge in [0, 0.05) is 21.2 Å². The fourth-order valence-corrected chi connectivity index (χ4v) is 5.17. The van der Waals surface area contributed by atoms with Gasteiger partial charge in [-0.3, -0.25) is 9.10 Å². The Morgan fingerprint density at radius 1 is 1.06 bits per heavy atom.